The molecule has 1 aromatic rings. The number of rotatable bonds is 2. The number of benzene rings is 1. The molecule has 1 amide bonds. The number of aliphatic hydroxyl groups excluding tert-OH is 1. The molecule has 0 saturated carbocycles. The molecule has 4 heteroatoms. The molecule has 0 aliphatic heterocycles. The lowest BCUT2D eigenvalue weighted by atomic mass is 10.1. The minimum Gasteiger partial charge on any atom is -0.410 e. The maximum Gasteiger partial charge on any atom is 0.414 e. The molecule has 92 valence electrons. The Kier molecular flexibility index (Phi) is 3.33. The van der Waals surface area contributed by atoms with E-state index in [1.54, 1.807) is 19.2 Å². The molecule has 0 aromatic heterocycles. The van der Waals surface area contributed by atoms with Crippen molar-refractivity contribution in [2.75, 3.05) is 13.6 Å². The van der Waals surface area contributed by atoms with Gasteiger partial charge in [-0.1, -0.05) is 6.07 Å². The average Bonchev–Trinajstić information content (AvgIpc) is 2.70. The number of hydrogen-bond donors (Lipinski definition) is 1. The smallest absolute Gasteiger partial charge is 0.410 e. The summed E-state index contributed by atoms with van der Waals surface area (Å²) in [6.45, 7) is 2.49. The number of ether oxygens (including phenoxy) is 1. The lowest BCUT2D eigenvalue weighted by molar-refractivity contribution is 0.164. The summed E-state index contributed by atoms with van der Waals surface area (Å²) in [5.41, 5.74) is 2.02. The molecule has 0 radical (unpaired) electrons. The molecule has 1 unspecified atom stereocenters. The van der Waals surface area contributed by atoms with Crippen molar-refractivity contribution in [1.29, 1.82) is 0 Å². The monoisotopic (exact) mass is 235 g/mol. The number of aryl methyl sites for hydroxylation is 1. The highest BCUT2D eigenvalue weighted by molar-refractivity contribution is 5.70. The van der Waals surface area contributed by atoms with Crippen LogP contribution in [0.15, 0.2) is 18.2 Å². The summed E-state index contributed by atoms with van der Waals surface area (Å²) >= 11 is 0. The van der Waals surface area contributed by atoms with Gasteiger partial charge in [-0.25, -0.2) is 4.79 Å². The van der Waals surface area contributed by atoms with Gasteiger partial charge < -0.3 is 14.7 Å². The zero-order valence-electron chi connectivity index (χ0n) is 10.1. The van der Waals surface area contributed by atoms with Gasteiger partial charge >= 0.3 is 6.09 Å². The van der Waals surface area contributed by atoms with Crippen molar-refractivity contribution in [3.8, 4) is 5.75 Å². The minimum atomic E-state index is -0.424. The summed E-state index contributed by atoms with van der Waals surface area (Å²) in [7, 11) is 1.69. The zero-order valence-corrected chi connectivity index (χ0v) is 10.1. The Balaban J connectivity index is 2.13. The second-order valence-corrected chi connectivity index (χ2v) is 4.30. The molecule has 1 N–H and O–H groups in total. The Morgan fingerprint density at radius 1 is 1.59 bits per heavy atom. The highest BCUT2D eigenvalue weighted by atomic mass is 16.6. The van der Waals surface area contributed by atoms with E-state index in [2.05, 4.69) is 0 Å². The van der Waals surface area contributed by atoms with E-state index in [-0.39, 0.29) is 6.09 Å². The van der Waals surface area contributed by atoms with E-state index in [0.717, 1.165) is 24.0 Å². The van der Waals surface area contributed by atoms with Gasteiger partial charge in [-0.15, -0.1) is 0 Å². The molecular weight excluding hydrogens is 218 g/mol. The van der Waals surface area contributed by atoms with E-state index < -0.39 is 6.10 Å². The lowest BCUT2D eigenvalue weighted by Crippen LogP contribution is -2.29. The summed E-state index contributed by atoms with van der Waals surface area (Å²) in [6, 6.07) is 5.45. The number of nitrogens with zero attached hydrogens (tertiary/aromatic N) is 1. The third-order valence-corrected chi connectivity index (χ3v) is 3.15. The van der Waals surface area contributed by atoms with Crippen LogP contribution in [0.25, 0.3) is 0 Å². The Hall–Kier alpha value is -1.55. The van der Waals surface area contributed by atoms with Crippen molar-refractivity contribution in [2.24, 2.45) is 0 Å². The summed E-state index contributed by atoms with van der Waals surface area (Å²) in [6.07, 6.45) is 0.841. The molecule has 0 saturated heterocycles. The van der Waals surface area contributed by atoms with Crippen LogP contribution in [0.3, 0.4) is 0 Å². The van der Waals surface area contributed by atoms with Crippen LogP contribution in [-0.4, -0.2) is 29.7 Å². The Morgan fingerprint density at radius 2 is 2.35 bits per heavy atom. The first-order chi connectivity index (χ1) is 8.11. The molecule has 17 heavy (non-hydrogen) atoms. The fourth-order valence-corrected chi connectivity index (χ4v) is 1.93. The van der Waals surface area contributed by atoms with Gasteiger partial charge in [0.25, 0.3) is 0 Å². The summed E-state index contributed by atoms with van der Waals surface area (Å²) < 4.78 is 5.22. The average molecular weight is 235 g/mol. The first-order valence-electron chi connectivity index (χ1n) is 5.85. The van der Waals surface area contributed by atoms with Gasteiger partial charge in [-0.3, -0.25) is 0 Å². The quantitative estimate of drug-likeness (QED) is 0.854. The maximum atomic E-state index is 11.6. The van der Waals surface area contributed by atoms with Crippen LogP contribution in [0.1, 0.15) is 30.6 Å². The molecule has 0 bridgehead atoms. The third kappa shape index (κ3) is 2.42. The largest absolute Gasteiger partial charge is 0.414 e. The lowest BCUT2D eigenvalue weighted by Gasteiger charge is -2.15. The maximum absolute atomic E-state index is 11.6. The van der Waals surface area contributed by atoms with Gasteiger partial charge in [0.05, 0.1) is 6.10 Å². The van der Waals surface area contributed by atoms with Crippen molar-refractivity contribution >= 4 is 6.09 Å². The normalized spacial score (nSPS) is 17.7. The van der Waals surface area contributed by atoms with Gasteiger partial charge in [0, 0.05) is 13.6 Å². The van der Waals surface area contributed by atoms with Gasteiger partial charge in [0.1, 0.15) is 5.75 Å². The Labute approximate surface area is 101 Å². The number of fused-ring (bicyclic) bond motifs is 1. The van der Waals surface area contributed by atoms with Gasteiger partial charge in [-0.05, 0) is 43.0 Å². The fraction of sp³-hybridized carbons (Fsp3) is 0.462. The molecule has 1 aliphatic carbocycles. The van der Waals surface area contributed by atoms with Crippen molar-refractivity contribution in [3.05, 3.63) is 29.3 Å². The predicted molar refractivity (Wildman–Crippen MR) is 64.1 cm³/mol. The highest BCUT2D eigenvalue weighted by Crippen LogP contribution is 2.33. The molecule has 4 nitrogen and oxygen atoms in total. The van der Waals surface area contributed by atoms with E-state index in [4.69, 9.17) is 4.74 Å². The van der Waals surface area contributed by atoms with Crippen molar-refractivity contribution in [3.63, 3.8) is 0 Å². The van der Waals surface area contributed by atoms with Crippen LogP contribution in [0, 0.1) is 0 Å². The molecule has 1 aliphatic rings. The van der Waals surface area contributed by atoms with Crippen LogP contribution in [-0.2, 0) is 6.42 Å². The SMILES string of the molecule is CCN(C)C(=O)Oc1ccc2c(c1)C(O)CC2. The van der Waals surface area contributed by atoms with Crippen molar-refractivity contribution in [2.45, 2.75) is 25.9 Å². The van der Waals surface area contributed by atoms with Gasteiger partial charge in [-0.2, -0.15) is 0 Å². The molecule has 1 aromatic carbocycles. The van der Waals surface area contributed by atoms with E-state index in [1.807, 2.05) is 13.0 Å². The van der Waals surface area contributed by atoms with Crippen molar-refractivity contribution in [1.82, 2.24) is 4.90 Å². The topological polar surface area (TPSA) is 49.8 Å². The summed E-state index contributed by atoms with van der Waals surface area (Å²) in [5, 5.41) is 9.74. The second kappa shape index (κ2) is 4.75. The molecule has 0 spiro atoms. The molecule has 0 fully saturated rings. The zero-order chi connectivity index (χ0) is 12.4. The van der Waals surface area contributed by atoms with E-state index >= 15 is 0 Å². The first-order valence-corrected chi connectivity index (χ1v) is 5.85. The van der Waals surface area contributed by atoms with E-state index in [0.29, 0.717) is 12.3 Å². The molecular formula is C13H17NO3. The second-order valence-electron chi connectivity index (χ2n) is 4.30. The number of carbonyl (C=O) groups excluding carboxylic acids is 1. The first kappa shape index (κ1) is 11.9. The number of aliphatic hydroxyl groups is 1. The number of amides is 1. The van der Waals surface area contributed by atoms with Crippen LogP contribution in [0.4, 0.5) is 4.79 Å². The van der Waals surface area contributed by atoms with Crippen LogP contribution in [0.5, 0.6) is 5.75 Å². The fourth-order valence-electron chi connectivity index (χ4n) is 1.93. The van der Waals surface area contributed by atoms with E-state index in [1.165, 1.54) is 4.90 Å². The Bertz CT molecular complexity index is 431. The van der Waals surface area contributed by atoms with Crippen LogP contribution >= 0.6 is 0 Å². The van der Waals surface area contributed by atoms with E-state index in [9.17, 15) is 9.90 Å². The molecule has 0 heterocycles. The highest BCUT2D eigenvalue weighted by Gasteiger charge is 2.21. The van der Waals surface area contributed by atoms with Crippen LogP contribution < -0.4 is 4.74 Å². The third-order valence-electron chi connectivity index (χ3n) is 3.15. The molecule has 1 atom stereocenters. The summed E-state index contributed by atoms with van der Waals surface area (Å²) in [4.78, 5) is 13.1. The molecule has 2 rings (SSSR count). The number of hydrogen-bond acceptors (Lipinski definition) is 3. The van der Waals surface area contributed by atoms with Crippen LogP contribution in [0.2, 0.25) is 0 Å². The van der Waals surface area contributed by atoms with Gasteiger partial charge in [0.15, 0.2) is 0 Å². The predicted octanol–water partition coefficient (Wildman–Crippen LogP) is 2.12. The Morgan fingerprint density at radius 3 is 3.06 bits per heavy atom. The number of carbonyl (C=O) groups is 1. The van der Waals surface area contributed by atoms with Crippen molar-refractivity contribution < 1.29 is 14.6 Å². The minimum absolute atomic E-state index is 0.375. The van der Waals surface area contributed by atoms with Gasteiger partial charge in [0.2, 0.25) is 0 Å². The standard InChI is InChI=1S/C13H17NO3/c1-3-14(2)13(16)17-10-6-4-9-5-7-12(15)11(9)8-10/h4,6,8,12,15H,3,5,7H2,1-2H3. The summed E-state index contributed by atoms with van der Waals surface area (Å²) in [5.74, 6) is 0.495.